The minimum Gasteiger partial charge on any atom is -0.494 e. The van der Waals surface area contributed by atoms with Crippen molar-refractivity contribution in [3.8, 4) is 5.75 Å². The van der Waals surface area contributed by atoms with E-state index >= 15 is 0 Å². The Morgan fingerprint density at radius 1 is 1.09 bits per heavy atom. The number of benzene rings is 2. The number of rotatable bonds is 8. The van der Waals surface area contributed by atoms with Crippen LogP contribution in [0.25, 0.3) is 4.85 Å². The van der Waals surface area contributed by atoms with Gasteiger partial charge in [0.05, 0.1) is 24.4 Å². The van der Waals surface area contributed by atoms with E-state index in [0.29, 0.717) is 24.8 Å². The van der Waals surface area contributed by atoms with Gasteiger partial charge in [-0.15, -0.1) is 0 Å². The van der Waals surface area contributed by atoms with Gasteiger partial charge in [-0.3, -0.25) is 4.79 Å². The van der Waals surface area contributed by atoms with Gasteiger partial charge in [0.2, 0.25) is 0 Å². The summed E-state index contributed by atoms with van der Waals surface area (Å²) in [7, 11) is 3.96. The number of imide groups is 1. The molecule has 0 spiro atoms. The number of carbonyl (C=O) groups excluding carboxylic acids is 2. The topological polar surface area (TPSA) is 57.5 Å². The van der Waals surface area contributed by atoms with Gasteiger partial charge >= 0.3 is 12.2 Å². The van der Waals surface area contributed by atoms with Crippen molar-refractivity contribution in [2.75, 3.05) is 32.1 Å². The lowest BCUT2D eigenvalue weighted by atomic mass is 10.0. The van der Waals surface area contributed by atoms with Crippen molar-refractivity contribution in [2.24, 2.45) is 0 Å². The molecule has 10 heteroatoms. The molecule has 3 rings (SSSR count). The van der Waals surface area contributed by atoms with Crippen LogP contribution in [0.5, 0.6) is 5.75 Å². The number of hydrogen-bond donors (Lipinski definition) is 0. The lowest BCUT2D eigenvalue weighted by molar-refractivity contribution is -0.136. The fourth-order valence-corrected chi connectivity index (χ4v) is 3.90. The van der Waals surface area contributed by atoms with Gasteiger partial charge in [0.25, 0.3) is 5.91 Å². The molecule has 0 unspecified atom stereocenters. The van der Waals surface area contributed by atoms with Crippen LogP contribution in [0.1, 0.15) is 31.4 Å². The van der Waals surface area contributed by atoms with Crippen LogP contribution < -0.4 is 9.64 Å². The number of amides is 3. The summed E-state index contributed by atoms with van der Waals surface area (Å²) < 4.78 is 45.9. The summed E-state index contributed by atoms with van der Waals surface area (Å²) in [4.78, 5) is 33.1. The Labute approximate surface area is 202 Å². The SMILES string of the molecule is [C-]#[N+]c1ccc(N2C(=O)N(CCCOc3ccc(CN(C)C)cc3)C(C)(C)C2=O)cc1C(F)(F)F. The largest absolute Gasteiger partial charge is 0.494 e. The number of urea groups is 1. The van der Waals surface area contributed by atoms with Crippen molar-refractivity contribution >= 4 is 23.3 Å². The quantitative estimate of drug-likeness (QED) is 0.286. The van der Waals surface area contributed by atoms with E-state index in [4.69, 9.17) is 11.3 Å². The third-order valence-electron chi connectivity index (χ3n) is 5.70. The summed E-state index contributed by atoms with van der Waals surface area (Å²) in [6.45, 7) is 11.3. The van der Waals surface area contributed by atoms with E-state index in [9.17, 15) is 22.8 Å². The number of alkyl halides is 3. The fourth-order valence-electron chi connectivity index (χ4n) is 3.90. The minimum absolute atomic E-state index is 0.180. The maximum Gasteiger partial charge on any atom is 0.407 e. The summed E-state index contributed by atoms with van der Waals surface area (Å²) in [5, 5.41) is 0. The Bertz CT molecular complexity index is 1140. The molecule has 0 aromatic heterocycles. The molecular weight excluding hydrogens is 461 g/mol. The third-order valence-corrected chi connectivity index (χ3v) is 5.70. The highest BCUT2D eigenvalue weighted by molar-refractivity contribution is 6.23. The van der Waals surface area contributed by atoms with Gasteiger partial charge in [-0.25, -0.2) is 14.5 Å². The molecule has 0 atom stereocenters. The average molecular weight is 489 g/mol. The maximum atomic E-state index is 13.4. The molecule has 0 aliphatic carbocycles. The standard InChI is InChI=1S/C25H27F3N4O3/c1-24(2)22(33)32(18-9-12-21(29-3)20(15-18)25(26,27)28)23(34)31(24)13-6-14-35-19-10-7-17(8-11-19)16-30(4)5/h7-12,15H,6,13-14,16H2,1-2,4-5H3. The summed E-state index contributed by atoms with van der Waals surface area (Å²) in [5.74, 6) is 0.0420. The molecule has 35 heavy (non-hydrogen) atoms. The molecule has 0 bridgehead atoms. The van der Waals surface area contributed by atoms with Crippen LogP contribution in [0, 0.1) is 6.57 Å². The second-order valence-electron chi connectivity index (χ2n) is 9.03. The zero-order chi connectivity index (χ0) is 26.0. The zero-order valence-electron chi connectivity index (χ0n) is 20.0. The summed E-state index contributed by atoms with van der Waals surface area (Å²) in [6, 6.07) is 9.77. The van der Waals surface area contributed by atoms with Crippen LogP contribution in [-0.4, -0.2) is 54.5 Å². The molecule has 186 valence electrons. The lowest BCUT2D eigenvalue weighted by Gasteiger charge is -2.27. The van der Waals surface area contributed by atoms with Crippen LogP contribution in [-0.2, 0) is 17.5 Å². The van der Waals surface area contributed by atoms with E-state index in [1.165, 1.54) is 11.0 Å². The van der Waals surface area contributed by atoms with E-state index in [0.717, 1.165) is 23.1 Å². The smallest absolute Gasteiger partial charge is 0.407 e. The minimum atomic E-state index is -4.79. The molecule has 0 saturated carbocycles. The number of hydrogen-bond acceptors (Lipinski definition) is 4. The molecule has 7 nitrogen and oxygen atoms in total. The van der Waals surface area contributed by atoms with Crippen molar-refractivity contribution < 1.29 is 27.5 Å². The molecule has 2 aromatic rings. The van der Waals surface area contributed by atoms with E-state index in [2.05, 4.69) is 9.74 Å². The first-order valence-corrected chi connectivity index (χ1v) is 11.0. The molecular formula is C25H27F3N4O3. The van der Waals surface area contributed by atoms with Crippen LogP contribution in [0.15, 0.2) is 42.5 Å². The summed E-state index contributed by atoms with van der Waals surface area (Å²) in [6.07, 6.45) is -4.38. The van der Waals surface area contributed by atoms with Crippen molar-refractivity contribution in [3.05, 3.63) is 65.0 Å². The molecule has 1 fully saturated rings. The fraction of sp³-hybridized carbons (Fsp3) is 0.400. The lowest BCUT2D eigenvalue weighted by Crippen LogP contribution is -2.44. The van der Waals surface area contributed by atoms with E-state index < -0.39 is 34.9 Å². The Kier molecular flexibility index (Phi) is 7.41. The Morgan fingerprint density at radius 3 is 2.31 bits per heavy atom. The normalized spacial score (nSPS) is 15.6. The number of carbonyl (C=O) groups is 2. The third kappa shape index (κ3) is 5.57. The van der Waals surface area contributed by atoms with Crippen molar-refractivity contribution in [1.29, 1.82) is 0 Å². The molecule has 2 aromatic carbocycles. The van der Waals surface area contributed by atoms with Crippen LogP contribution in [0.3, 0.4) is 0 Å². The first-order chi connectivity index (χ1) is 16.4. The Hall–Kier alpha value is -3.58. The molecule has 1 saturated heterocycles. The Balaban J connectivity index is 1.69. The maximum absolute atomic E-state index is 13.4. The molecule has 1 aliphatic heterocycles. The van der Waals surface area contributed by atoms with Gasteiger partial charge in [0, 0.05) is 13.1 Å². The van der Waals surface area contributed by atoms with Crippen LogP contribution in [0.2, 0.25) is 0 Å². The van der Waals surface area contributed by atoms with Gasteiger partial charge in [-0.1, -0.05) is 18.2 Å². The molecule has 0 radical (unpaired) electrons. The van der Waals surface area contributed by atoms with E-state index in [1.807, 2.05) is 38.4 Å². The van der Waals surface area contributed by atoms with E-state index in [1.54, 1.807) is 13.8 Å². The molecule has 3 amide bonds. The highest BCUT2D eigenvalue weighted by Crippen LogP contribution is 2.40. The highest BCUT2D eigenvalue weighted by Gasteiger charge is 2.51. The van der Waals surface area contributed by atoms with Crippen molar-refractivity contribution in [3.63, 3.8) is 0 Å². The Morgan fingerprint density at radius 2 is 1.74 bits per heavy atom. The number of nitrogens with zero attached hydrogens (tertiary/aromatic N) is 4. The second-order valence-corrected chi connectivity index (χ2v) is 9.03. The zero-order valence-corrected chi connectivity index (χ0v) is 20.0. The van der Waals surface area contributed by atoms with Gasteiger partial charge in [0.15, 0.2) is 5.69 Å². The molecule has 1 heterocycles. The van der Waals surface area contributed by atoms with Gasteiger partial charge in [0.1, 0.15) is 11.3 Å². The predicted molar refractivity (Wildman–Crippen MR) is 125 cm³/mol. The first kappa shape index (κ1) is 26.0. The van der Waals surface area contributed by atoms with E-state index in [-0.39, 0.29) is 12.2 Å². The summed E-state index contributed by atoms with van der Waals surface area (Å²) in [5.41, 5.74) is -2.11. The highest BCUT2D eigenvalue weighted by atomic mass is 19.4. The average Bonchev–Trinajstić information content (AvgIpc) is 2.95. The monoisotopic (exact) mass is 488 g/mol. The number of ether oxygens (including phenoxy) is 1. The predicted octanol–water partition coefficient (Wildman–Crippen LogP) is 5.33. The van der Waals surface area contributed by atoms with Crippen LogP contribution in [0.4, 0.5) is 29.3 Å². The second kappa shape index (κ2) is 9.96. The summed E-state index contributed by atoms with van der Waals surface area (Å²) >= 11 is 0. The van der Waals surface area contributed by atoms with Gasteiger partial charge in [-0.2, -0.15) is 13.2 Å². The first-order valence-electron chi connectivity index (χ1n) is 11.0. The van der Waals surface area contributed by atoms with Gasteiger partial charge < -0.3 is 14.5 Å². The molecule has 1 aliphatic rings. The number of halogens is 3. The van der Waals surface area contributed by atoms with Crippen molar-refractivity contribution in [2.45, 2.75) is 38.5 Å². The number of anilines is 1. The van der Waals surface area contributed by atoms with Gasteiger partial charge in [-0.05, 0) is 64.2 Å². The molecule has 0 N–H and O–H groups in total. The van der Waals surface area contributed by atoms with Crippen molar-refractivity contribution in [1.82, 2.24) is 9.80 Å². The van der Waals surface area contributed by atoms with Crippen LogP contribution >= 0.6 is 0 Å².